The monoisotopic (exact) mass is 315 g/mol. The Morgan fingerprint density at radius 2 is 2.50 bits per heavy atom. The third-order valence-electron chi connectivity index (χ3n) is 3.70. The van der Waals surface area contributed by atoms with Gasteiger partial charge in [0.15, 0.2) is 5.82 Å². The van der Waals surface area contributed by atoms with Crippen LogP contribution in [0.3, 0.4) is 0 Å². The van der Waals surface area contributed by atoms with Crippen molar-refractivity contribution in [2.45, 2.75) is 25.9 Å². The van der Waals surface area contributed by atoms with E-state index in [1.807, 2.05) is 28.4 Å². The molecule has 114 valence electrons. The summed E-state index contributed by atoms with van der Waals surface area (Å²) in [6, 6.07) is 6.28. The predicted molar refractivity (Wildman–Crippen MR) is 84.5 cm³/mol. The first-order chi connectivity index (χ1) is 10.6. The number of nitrogens with zero attached hydrogens (tertiary/aromatic N) is 4. The molecular formula is C15H17N5OS. The Bertz CT molecular complexity index is 714. The third kappa shape index (κ3) is 3.35. The van der Waals surface area contributed by atoms with E-state index in [0.29, 0.717) is 11.9 Å². The molecule has 3 rings (SSSR count). The summed E-state index contributed by atoms with van der Waals surface area (Å²) in [5, 5.41) is 17.9. The van der Waals surface area contributed by atoms with Gasteiger partial charge in [0.2, 0.25) is 5.91 Å². The predicted octanol–water partition coefficient (Wildman–Crippen LogP) is 2.22. The number of nitriles is 1. The average molecular weight is 315 g/mol. The SMILES string of the molecule is CC(=O)Nc1ccn([C@@H]2CCN(Cc3cc(C#N)cs3)C2)n1. The van der Waals surface area contributed by atoms with Crippen LogP contribution in [0.1, 0.15) is 29.8 Å². The topological polar surface area (TPSA) is 74.0 Å². The van der Waals surface area contributed by atoms with Crippen LogP contribution in [0.5, 0.6) is 0 Å². The molecule has 0 aromatic carbocycles. The van der Waals surface area contributed by atoms with Crippen LogP contribution in [0.4, 0.5) is 5.82 Å². The van der Waals surface area contributed by atoms with Gasteiger partial charge in [0, 0.05) is 49.1 Å². The van der Waals surface area contributed by atoms with Crippen LogP contribution in [-0.2, 0) is 11.3 Å². The van der Waals surface area contributed by atoms with E-state index in [1.54, 1.807) is 11.3 Å². The van der Waals surface area contributed by atoms with E-state index in [4.69, 9.17) is 5.26 Å². The van der Waals surface area contributed by atoms with E-state index >= 15 is 0 Å². The molecule has 22 heavy (non-hydrogen) atoms. The van der Waals surface area contributed by atoms with Crippen molar-refractivity contribution >= 4 is 23.1 Å². The number of carbonyl (C=O) groups is 1. The highest BCUT2D eigenvalue weighted by Gasteiger charge is 2.24. The fourth-order valence-electron chi connectivity index (χ4n) is 2.70. The maximum atomic E-state index is 11.0. The van der Waals surface area contributed by atoms with Crippen molar-refractivity contribution in [1.29, 1.82) is 5.26 Å². The molecule has 6 nitrogen and oxygen atoms in total. The van der Waals surface area contributed by atoms with Gasteiger partial charge in [-0.05, 0) is 12.5 Å². The standard InChI is InChI=1S/C15H17N5OS/c1-11(21)17-15-3-5-20(18-15)13-2-4-19(8-13)9-14-6-12(7-16)10-22-14/h3,5-6,10,13H,2,4,8-9H2,1H3,(H,17,18,21)/t13-/m1/s1. The number of hydrogen-bond acceptors (Lipinski definition) is 5. The Labute approximate surface area is 133 Å². The number of amides is 1. The number of rotatable bonds is 4. The third-order valence-corrected chi connectivity index (χ3v) is 4.62. The molecule has 1 N–H and O–H groups in total. The Balaban J connectivity index is 1.58. The van der Waals surface area contributed by atoms with E-state index in [1.165, 1.54) is 11.8 Å². The zero-order valence-corrected chi connectivity index (χ0v) is 13.1. The molecule has 1 saturated heterocycles. The molecule has 0 spiro atoms. The number of carbonyl (C=O) groups excluding carboxylic acids is 1. The lowest BCUT2D eigenvalue weighted by Gasteiger charge is -2.15. The zero-order valence-electron chi connectivity index (χ0n) is 12.3. The molecule has 3 heterocycles. The zero-order chi connectivity index (χ0) is 15.5. The molecule has 1 fully saturated rings. The fourth-order valence-corrected chi connectivity index (χ4v) is 3.55. The van der Waals surface area contributed by atoms with Crippen LogP contribution in [0.2, 0.25) is 0 Å². The van der Waals surface area contributed by atoms with Gasteiger partial charge in [-0.15, -0.1) is 11.3 Å². The van der Waals surface area contributed by atoms with Crippen LogP contribution < -0.4 is 5.32 Å². The maximum Gasteiger partial charge on any atom is 0.222 e. The fraction of sp³-hybridized carbons (Fsp3) is 0.400. The minimum atomic E-state index is -0.107. The molecular weight excluding hydrogens is 298 g/mol. The number of anilines is 1. The number of likely N-dealkylation sites (tertiary alicyclic amines) is 1. The lowest BCUT2D eigenvalue weighted by atomic mass is 10.3. The summed E-state index contributed by atoms with van der Waals surface area (Å²) in [5.74, 6) is 0.493. The molecule has 1 atom stereocenters. The Kier molecular flexibility index (Phi) is 4.22. The van der Waals surface area contributed by atoms with Crippen LogP contribution in [0, 0.1) is 11.3 Å². The summed E-state index contributed by atoms with van der Waals surface area (Å²) in [7, 11) is 0. The van der Waals surface area contributed by atoms with Crippen LogP contribution in [0.25, 0.3) is 0 Å². The van der Waals surface area contributed by atoms with E-state index in [-0.39, 0.29) is 5.91 Å². The minimum absolute atomic E-state index is 0.107. The van der Waals surface area contributed by atoms with E-state index in [2.05, 4.69) is 21.4 Å². The molecule has 2 aromatic rings. The quantitative estimate of drug-likeness (QED) is 0.939. The summed E-state index contributed by atoms with van der Waals surface area (Å²) in [6.45, 7) is 4.30. The first kappa shape index (κ1) is 14.8. The molecule has 2 aromatic heterocycles. The van der Waals surface area contributed by atoms with Crippen LogP contribution in [-0.4, -0.2) is 33.7 Å². The molecule has 7 heteroatoms. The molecule has 0 unspecified atom stereocenters. The Morgan fingerprint density at radius 3 is 3.23 bits per heavy atom. The molecule has 1 amide bonds. The lowest BCUT2D eigenvalue weighted by Crippen LogP contribution is -2.21. The van der Waals surface area contributed by atoms with Crippen molar-refractivity contribution < 1.29 is 4.79 Å². The first-order valence-electron chi connectivity index (χ1n) is 7.16. The van der Waals surface area contributed by atoms with E-state index in [0.717, 1.165) is 31.6 Å². The van der Waals surface area contributed by atoms with Crippen molar-refractivity contribution in [3.05, 3.63) is 34.2 Å². The van der Waals surface area contributed by atoms with Crippen molar-refractivity contribution in [2.75, 3.05) is 18.4 Å². The normalized spacial score (nSPS) is 18.3. The van der Waals surface area contributed by atoms with Crippen LogP contribution in [0.15, 0.2) is 23.7 Å². The van der Waals surface area contributed by atoms with Gasteiger partial charge in [-0.25, -0.2) is 0 Å². The summed E-state index contributed by atoms with van der Waals surface area (Å²) < 4.78 is 1.93. The molecule has 1 aliphatic heterocycles. The van der Waals surface area contributed by atoms with Gasteiger partial charge in [0.1, 0.15) is 6.07 Å². The first-order valence-corrected chi connectivity index (χ1v) is 8.04. The smallest absolute Gasteiger partial charge is 0.222 e. The van der Waals surface area contributed by atoms with Gasteiger partial charge >= 0.3 is 0 Å². The number of aromatic nitrogens is 2. The van der Waals surface area contributed by atoms with E-state index < -0.39 is 0 Å². The summed E-state index contributed by atoms with van der Waals surface area (Å²) >= 11 is 1.63. The summed E-state index contributed by atoms with van der Waals surface area (Å²) in [4.78, 5) is 14.6. The van der Waals surface area contributed by atoms with Crippen molar-refractivity contribution in [3.63, 3.8) is 0 Å². The molecule has 0 radical (unpaired) electrons. The minimum Gasteiger partial charge on any atom is -0.309 e. The molecule has 0 bridgehead atoms. The number of nitrogens with one attached hydrogen (secondary N) is 1. The van der Waals surface area contributed by atoms with Gasteiger partial charge in [0.25, 0.3) is 0 Å². The van der Waals surface area contributed by atoms with Gasteiger partial charge in [-0.2, -0.15) is 10.4 Å². The second kappa shape index (κ2) is 6.30. The highest BCUT2D eigenvalue weighted by molar-refractivity contribution is 7.10. The molecule has 0 aliphatic carbocycles. The van der Waals surface area contributed by atoms with Crippen molar-refractivity contribution in [1.82, 2.24) is 14.7 Å². The van der Waals surface area contributed by atoms with Gasteiger partial charge < -0.3 is 5.32 Å². The number of thiophene rings is 1. The highest BCUT2D eigenvalue weighted by atomic mass is 32.1. The molecule has 0 saturated carbocycles. The van der Waals surface area contributed by atoms with Gasteiger partial charge in [-0.1, -0.05) is 0 Å². The highest BCUT2D eigenvalue weighted by Crippen LogP contribution is 2.25. The maximum absolute atomic E-state index is 11.0. The van der Waals surface area contributed by atoms with Crippen LogP contribution >= 0.6 is 11.3 Å². The molecule has 1 aliphatic rings. The lowest BCUT2D eigenvalue weighted by molar-refractivity contribution is -0.114. The van der Waals surface area contributed by atoms with Gasteiger partial charge in [0.05, 0.1) is 11.6 Å². The summed E-state index contributed by atoms with van der Waals surface area (Å²) in [6.07, 6.45) is 2.95. The Hall–Kier alpha value is -2.17. The van der Waals surface area contributed by atoms with Gasteiger partial charge in [-0.3, -0.25) is 14.4 Å². The van der Waals surface area contributed by atoms with Crippen molar-refractivity contribution in [3.8, 4) is 6.07 Å². The second-order valence-corrected chi connectivity index (χ2v) is 6.45. The largest absolute Gasteiger partial charge is 0.309 e. The Morgan fingerprint density at radius 1 is 1.64 bits per heavy atom. The second-order valence-electron chi connectivity index (χ2n) is 5.45. The number of hydrogen-bond donors (Lipinski definition) is 1. The summed E-state index contributed by atoms with van der Waals surface area (Å²) in [5.41, 5.74) is 0.739. The van der Waals surface area contributed by atoms with Crippen molar-refractivity contribution in [2.24, 2.45) is 0 Å². The van der Waals surface area contributed by atoms with E-state index in [9.17, 15) is 4.79 Å². The average Bonchev–Trinajstić information content (AvgIpc) is 3.18.